The Bertz CT molecular complexity index is 1080. The fraction of sp³-hybridized carbons (Fsp3) is 0.480. The highest BCUT2D eigenvalue weighted by Crippen LogP contribution is 2.45. The molecule has 2 heterocycles. The van der Waals surface area contributed by atoms with Crippen molar-refractivity contribution in [2.45, 2.75) is 39.4 Å². The maximum absolute atomic E-state index is 13.6. The zero-order chi connectivity index (χ0) is 26.6. The Kier molecular flexibility index (Phi) is 8.89. The van der Waals surface area contributed by atoms with Crippen molar-refractivity contribution >= 4 is 28.7 Å². The SMILES string of the molecule is CCN(CC)C(=O)C1=C(C)N=C2SC=C(CC(=O)NCCN(C)C)N2[C@H]1c1ccc(C(F)(F)F)cc1. The predicted octanol–water partition coefficient (Wildman–Crippen LogP) is 4.22. The molecule has 0 fully saturated rings. The average molecular weight is 524 g/mol. The van der Waals surface area contributed by atoms with Gasteiger partial charge in [-0.3, -0.25) is 9.59 Å². The molecule has 0 spiro atoms. The first kappa shape index (κ1) is 27.8. The lowest BCUT2D eigenvalue weighted by Crippen LogP contribution is -2.42. The highest BCUT2D eigenvalue weighted by Gasteiger charge is 2.41. The summed E-state index contributed by atoms with van der Waals surface area (Å²) in [7, 11) is 3.83. The van der Waals surface area contributed by atoms with Crippen LogP contribution in [0.2, 0.25) is 0 Å². The topological polar surface area (TPSA) is 68.2 Å². The standard InChI is InChI=1S/C25H32F3N5O2S/c1-6-32(7-2)23(35)21-16(3)30-24-33(19(15-36-24)14-20(34)29-12-13-31(4)5)22(21)17-8-10-18(11-9-17)25(26,27)28/h8-11,15,22H,6-7,12-14H2,1-5H3,(H,29,34)/t22-/m0/s1. The molecule has 0 unspecified atom stereocenters. The monoisotopic (exact) mass is 523 g/mol. The van der Waals surface area contributed by atoms with Gasteiger partial charge >= 0.3 is 6.18 Å². The number of hydrogen-bond acceptors (Lipinski definition) is 6. The van der Waals surface area contributed by atoms with Crippen LogP contribution in [0.25, 0.3) is 0 Å². The Morgan fingerprint density at radius 2 is 1.78 bits per heavy atom. The number of nitrogens with zero attached hydrogens (tertiary/aromatic N) is 4. The normalized spacial score (nSPS) is 17.7. The molecule has 7 nitrogen and oxygen atoms in total. The van der Waals surface area contributed by atoms with Crippen molar-refractivity contribution in [3.63, 3.8) is 0 Å². The van der Waals surface area contributed by atoms with Crippen LogP contribution in [-0.4, -0.2) is 72.0 Å². The van der Waals surface area contributed by atoms with Crippen LogP contribution in [0.3, 0.4) is 0 Å². The smallest absolute Gasteiger partial charge is 0.354 e. The number of allylic oxidation sites excluding steroid dienone is 1. The van der Waals surface area contributed by atoms with E-state index in [0.29, 0.717) is 53.9 Å². The number of hydrogen-bond donors (Lipinski definition) is 1. The van der Waals surface area contributed by atoms with Crippen LogP contribution in [0.1, 0.15) is 44.4 Å². The van der Waals surface area contributed by atoms with Gasteiger partial charge in [0.15, 0.2) is 5.17 Å². The van der Waals surface area contributed by atoms with Gasteiger partial charge in [0.1, 0.15) is 0 Å². The molecule has 2 aliphatic heterocycles. The number of amides is 2. The number of thioether (sulfide) groups is 1. The summed E-state index contributed by atoms with van der Waals surface area (Å²) < 4.78 is 39.7. The molecule has 0 bridgehead atoms. The number of carbonyl (C=O) groups excluding carboxylic acids is 2. The highest BCUT2D eigenvalue weighted by atomic mass is 32.2. The molecular formula is C25H32F3N5O2S. The number of amidine groups is 1. The lowest BCUT2D eigenvalue weighted by atomic mass is 9.92. The summed E-state index contributed by atoms with van der Waals surface area (Å²) in [5.74, 6) is -0.407. The van der Waals surface area contributed by atoms with E-state index >= 15 is 0 Å². The second kappa shape index (κ2) is 11.5. The maximum atomic E-state index is 13.6. The van der Waals surface area contributed by atoms with Gasteiger partial charge in [-0.05, 0) is 58.0 Å². The van der Waals surface area contributed by atoms with Gasteiger partial charge in [-0.15, -0.1) is 0 Å². The average Bonchev–Trinajstić information content (AvgIpc) is 3.19. The number of rotatable bonds is 9. The summed E-state index contributed by atoms with van der Waals surface area (Å²) in [5, 5.41) is 5.29. The lowest BCUT2D eigenvalue weighted by molar-refractivity contribution is -0.137. The molecule has 2 aliphatic rings. The Labute approximate surface area is 214 Å². The number of halogens is 3. The fourth-order valence-corrected chi connectivity index (χ4v) is 5.10. The summed E-state index contributed by atoms with van der Waals surface area (Å²) in [6.07, 6.45) is -4.41. The zero-order valence-corrected chi connectivity index (χ0v) is 22.0. The predicted molar refractivity (Wildman–Crippen MR) is 136 cm³/mol. The Morgan fingerprint density at radius 1 is 1.14 bits per heavy atom. The second-order valence-electron chi connectivity index (χ2n) is 8.82. The Hall–Kier alpha value is -2.79. The first-order valence-electron chi connectivity index (χ1n) is 11.8. The molecule has 0 aliphatic carbocycles. The fourth-order valence-electron chi connectivity index (χ4n) is 4.14. The van der Waals surface area contributed by atoms with Gasteiger partial charge in [-0.1, -0.05) is 23.9 Å². The molecule has 1 atom stereocenters. The number of carbonyl (C=O) groups is 2. The summed E-state index contributed by atoms with van der Waals surface area (Å²) in [6.45, 7) is 7.62. The summed E-state index contributed by atoms with van der Waals surface area (Å²) in [6, 6.07) is 4.14. The molecule has 1 N–H and O–H groups in total. The molecule has 11 heteroatoms. The van der Waals surface area contributed by atoms with E-state index in [0.717, 1.165) is 12.1 Å². The van der Waals surface area contributed by atoms with Crippen molar-refractivity contribution in [3.05, 3.63) is 57.8 Å². The van der Waals surface area contributed by atoms with Gasteiger partial charge in [0.2, 0.25) is 5.91 Å². The van der Waals surface area contributed by atoms with E-state index < -0.39 is 17.8 Å². The van der Waals surface area contributed by atoms with Crippen LogP contribution in [0, 0.1) is 0 Å². The van der Waals surface area contributed by atoms with Gasteiger partial charge in [-0.25, -0.2) is 4.99 Å². The molecule has 196 valence electrons. The maximum Gasteiger partial charge on any atom is 0.416 e. The van der Waals surface area contributed by atoms with E-state index in [1.807, 2.05) is 43.2 Å². The third-order valence-electron chi connectivity index (χ3n) is 6.06. The van der Waals surface area contributed by atoms with Crippen molar-refractivity contribution in [1.82, 2.24) is 20.0 Å². The minimum absolute atomic E-state index is 0.0579. The van der Waals surface area contributed by atoms with E-state index in [1.165, 1.54) is 23.9 Å². The van der Waals surface area contributed by atoms with Crippen molar-refractivity contribution < 1.29 is 22.8 Å². The molecule has 36 heavy (non-hydrogen) atoms. The molecule has 1 aromatic rings. The van der Waals surface area contributed by atoms with Gasteiger partial charge in [0, 0.05) is 31.9 Å². The van der Waals surface area contributed by atoms with Crippen molar-refractivity contribution in [2.24, 2.45) is 4.99 Å². The highest BCUT2D eigenvalue weighted by molar-refractivity contribution is 8.16. The number of nitrogens with one attached hydrogen (secondary N) is 1. The number of aliphatic imine (C=N–C) groups is 1. The van der Waals surface area contributed by atoms with Crippen LogP contribution in [0.5, 0.6) is 0 Å². The van der Waals surface area contributed by atoms with Gasteiger partial charge in [0.25, 0.3) is 5.91 Å². The van der Waals surface area contributed by atoms with E-state index in [4.69, 9.17) is 0 Å². The summed E-state index contributed by atoms with van der Waals surface area (Å²) >= 11 is 1.33. The molecule has 0 saturated heterocycles. The van der Waals surface area contributed by atoms with E-state index in [2.05, 4.69) is 10.3 Å². The van der Waals surface area contributed by atoms with Crippen molar-refractivity contribution in [2.75, 3.05) is 40.3 Å². The minimum atomic E-state index is -4.47. The number of benzene rings is 1. The summed E-state index contributed by atoms with van der Waals surface area (Å²) in [4.78, 5) is 36.3. The molecule has 0 saturated carbocycles. The third kappa shape index (κ3) is 6.12. The van der Waals surface area contributed by atoms with Crippen molar-refractivity contribution in [1.29, 1.82) is 0 Å². The molecule has 0 radical (unpaired) electrons. The zero-order valence-electron chi connectivity index (χ0n) is 21.1. The Balaban J connectivity index is 2.00. The van der Waals surface area contributed by atoms with E-state index in [1.54, 1.807) is 11.8 Å². The molecule has 0 aromatic heterocycles. The van der Waals surface area contributed by atoms with E-state index in [9.17, 15) is 22.8 Å². The van der Waals surface area contributed by atoms with Crippen LogP contribution in [-0.2, 0) is 15.8 Å². The first-order chi connectivity index (χ1) is 17.0. The van der Waals surface area contributed by atoms with Crippen LogP contribution < -0.4 is 5.32 Å². The molecule has 2 amide bonds. The number of fused-ring (bicyclic) bond motifs is 1. The molecule has 1 aromatic carbocycles. The van der Waals surface area contributed by atoms with Crippen molar-refractivity contribution in [3.8, 4) is 0 Å². The van der Waals surface area contributed by atoms with Crippen LogP contribution in [0.15, 0.2) is 51.6 Å². The van der Waals surface area contributed by atoms with Gasteiger partial charge < -0.3 is 20.0 Å². The Morgan fingerprint density at radius 3 is 2.33 bits per heavy atom. The van der Waals surface area contributed by atoms with Gasteiger partial charge in [0.05, 0.1) is 29.3 Å². The first-order valence-corrected chi connectivity index (χ1v) is 12.7. The second-order valence-corrected chi connectivity index (χ2v) is 9.66. The minimum Gasteiger partial charge on any atom is -0.354 e. The third-order valence-corrected chi connectivity index (χ3v) is 6.95. The largest absolute Gasteiger partial charge is 0.416 e. The van der Waals surface area contributed by atoms with E-state index in [-0.39, 0.29) is 18.2 Å². The molecule has 3 rings (SSSR count). The lowest BCUT2D eigenvalue weighted by Gasteiger charge is -2.38. The van der Waals surface area contributed by atoms with Gasteiger partial charge in [-0.2, -0.15) is 13.2 Å². The quantitative estimate of drug-likeness (QED) is 0.525. The van der Waals surface area contributed by atoms with Crippen LogP contribution in [0.4, 0.5) is 13.2 Å². The molecular weight excluding hydrogens is 491 g/mol. The van der Waals surface area contributed by atoms with Crippen LogP contribution >= 0.6 is 11.8 Å². The number of likely N-dealkylation sites (N-methyl/N-ethyl adjacent to an activating group) is 2. The number of alkyl halides is 3. The summed E-state index contributed by atoms with van der Waals surface area (Å²) in [5.41, 5.74) is 1.30.